The van der Waals surface area contributed by atoms with Gasteiger partial charge in [-0.05, 0) is 75.9 Å². The quantitative estimate of drug-likeness (QED) is 0.673. The molecule has 2 rings (SSSR count). The summed E-state index contributed by atoms with van der Waals surface area (Å²) in [6, 6.07) is 6.81. The fourth-order valence-electron chi connectivity index (χ4n) is 1.94. The lowest BCUT2D eigenvalue weighted by molar-refractivity contribution is 0.903. The monoisotopic (exact) mass is 387 g/mol. The van der Waals surface area contributed by atoms with Gasteiger partial charge < -0.3 is 5.32 Å². The van der Waals surface area contributed by atoms with Crippen LogP contribution in [0, 0.1) is 13.8 Å². The van der Waals surface area contributed by atoms with Crippen molar-refractivity contribution in [2.45, 2.75) is 26.8 Å². The van der Waals surface area contributed by atoms with Gasteiger partial charge in [-0.3, -0.25) is 0 Å². The van der Waals surface area contributed by atoms with Crippen molar-refractivity contribution in [3.63, 3.8) is 0 Å². The molecule has 1 aromatic carbocycles. The number of rotatable bonds is 3. The van der Waals surface area contributed by atoms with Gasteiger partial charge in [0.1, 0.15) is 0 Å². The molecule has 0 saturated carbocycles. The number of aryl methyl sites for hydroxylation is 2. The third kappa shape index (κ3) is 3.16. The molecule has 0 saturated heterocycles. The van der Waals surface area contributed by atoms with Gasteiger partial charge in [0.25, 0.3) is 0 Å². The van der Waals surface area contributed by atoms with E-state index in [1.54, 1.807) is 11.3 Å². The third-order valence-electron chi connectivity index (χ3n) is 2.81. The molecule has 0 amide bonds. The summed E-state index contributed by atoms with van der Waals surface area (Å²) >= 11 is 8.90. The number of benzene rings is 1. The van der Waals surface area contributed by atoms with Gasteiger partial charge in [0, 0.05) is 19.2 Å². The van der Waals surface area contributed by atoms with Crippen LogP contribution in [0.2, 0.25) is 0 Å². The average molecular weight is 389 g/mol. The maximum Gasteiger partial charge on any atom is 0.0579 e. The minimum atomic E-state index is 0.305. The van der Waals surface area contributed by atoms with E-state index < -0.39 is 0 Å². The van der Waals surface area contributed by atoms with Gasteiger partial charge >= 0.3 is 0 Å². The minimum Gasteiger partial charge on any atom is -0.377 e. The molecule has 1 N–H and O–H groups in total. The first-order valence-corrected chi connectivity index (χ1v) is 8.21. The van der Waals surface area contributed by atoms with Crippen LogP contribution in [0.1, 0.15) is 29.0 Å². The van der Waals surface area contributed by atoms with E-state index in [1.165, 1.54) is 21.7 Å². The highest BCUT2D eigenvalue weighted by Crippen LogP contribution is 2.33. The van der Waals surface area contributed by atoms with Gasteiger partial charge in [-0.15, -0.1) is 11.3 Å². The standard InChI is InChI=1S/C14H15Br2NS/c1-8-4-9(2)14(12(16)5-8)17-10(3)13-6-11(15)7-18-13/h4-7,10,17H,1-3H3. The Morgan fingerprint density at radius 2 is 1.89 bits per heavy atom. The van der Waals surface area contributed by atoms with Crippen LogP contribution in [0.15, 0.2) is 32.5 Å². The van der Waals surface area contributed by atoms with Crippen molar-refractivity contribution >= 4 is 48.9 Å². The molecule has 1 heterocycles. The first kappa shape index (κ1) is 14.1. The summed E-state index contributed by atoms with van der Waals surface area (Å²) in [5.41, 5.74) is 3.72. The second kappa shape index (κ2) is 5.76. The second-order valence-corrected chi connectivity index (χ2v) is 7.18. The zero-order chi connectivity index (χ0) is 13.3. The van der Waals surface area contributed by atoms with Crippen molar-refractivity contribution in [1.82, 2.24) is 0 Å². The molecule has 0 aliphatic carbocycles. The summed E-state index contributed by atoms with van der Waals surface area (Å²) in [5.74, 6) is 0. The highest BCUT2D eigenvalue weighted by molar-refractivity contribution is 9.10. The molecule has 0 bridgehead atoms. The SMILES string of the molecule is Cc1cc(C)c(NC(C)c2cc(Br)cs2)c(Br)c1. The molecule has 4 heteroatoms. The van der Waals surface area contributed by atoms with Crippen molar-refractivity contribution in [2.24, 2.45) is 0 Å². The fraction of sp³-hybridized carbons (Fsp3) is 0.286. The lowest BCUT2D eigenvalue weighted by atomic mass is 10.1. The molecule has 18 heavy (non-hydrogen) atoms. The fourth-order valence-corrected chi connectivity index (χ4v) is 4.18. The minimum absolute atomic E-state index is 0.305. The lowest BCUT2D eigenvalue weighted by Gasteiger charge is -2.18. The van der Waals surface area contributed by atoms with Crippen molar-refractivity contribution < 1.29 is 0 Å². The number of hydrogen-bond donors (Lipinski definition) is 1. The first-order valence-electron chi connectivity index (χ1n) is 5.74. The normalized spacial score (nSPS) is 12.5. The van der Waals surface area contributed by atoms with Crippen LogP contribution in [0.3, 0.4) is 0 Å². The van der Waals surface area contributed by atoms with Gasteiger partial charge in [0.15, 0.2) is 0 Å². The molecule has 1 aromatic heterocycles. The largest absolute Gasteiger partial charge is 0.377 e. The van der Waals surface area contributed by atoms with Gasteiger partial charge in [-0.2, -0.15) is 0 Å². The predicted octanol–water partition coefficient (Wildman–Crippen LogP) is 6.06. The Labute approximate surface area is 129 Å². The van der Waals surface area contributed by atoms with E-state index in [-0.39, 0.29) is 0 Å². The second-order valence-electron chi connectivity index (χ2n) is 4.47. The summed E-state index contributed by atoms with van der Waals surface area (Å²) in [4.78, 5) is 1.33. The number of nitrogens with one attached hydrogen (secondary N) is 1. The molecular formula is C14H15Br2NS. The van der Waals surface area contributed by atoms with Crippen LogP contribution in [0.4, 0.5) is 5.69 Å². The molecule has 0 aliphatic rings. The zero-order valence-electron chi connectivity index (χ0n) is 10.6. The smallest absolute Gasteiger partial charge is 0.0579 e. The highest BCUT2D eigenvalue weighted by Gasteiger charge is 2.11. The third-order valence-corrected chi connectivity index (χ3v) is 5.31. The lowest BCUT2D eigenvalue weighted by Crippen LogP contribution is -2.07. The maximum atomic E-state index is 3.64. The van der Waals surface area contributed by atoms with Gasteiger partial charge in [-0.1, -0.05) is 6.07 Å². The summed E-state index contributed by atoms with van der Waals surface area (Å²) in [5, 5.41) is 5.69. The molecule has 1 atom stereocenters. The molecule has 0 fully saturated rings. The predicted molar refractivity (Wildman–Crippen MR) is 87.7 cm³/mol. The van der Waals surface area contributed by atoms with E-state index in [2.05, 4.69) is 81.5 Å². The Morgan fingerprint density at radius 3 is 2.44 bits per heavy atom. The van der Waals surface area contributed by atoms with Crippen LogP contribution in [0.5, 0.6) is 0 Å². The van der Waals surface area contributed by atoms with E-state index in [4.69, 9.17) is 0 Å². The van der Waals surface area contributed by atoms with Crippen LogP contribution in [-0.4, -0.2) is 0 Å². The Balaban J connectivity index is 2.24. The average Bonchev–Trinajstić information content (AvgIpc) is 2.70. The van der Waals surface area contributed by atoms with Crippen molar-refractivity contribution in [2.75, 3.05) is 5.32 Å². The topological polar surface area (TPSA) is 12.0 Å². The van der Waals surface area contributed by atoms with Crippen LogP contribution >= 0.6 is 43.2 Å². The molecule has 96 valence electrons. The van der Waals surface area contributed by atoms with Crippen LogP contribution < -0.4 is 5.32 Å². The van der Waals surface area contributed by atoms with Crippen LogP contribution in [0.25, 0.3) is 0 Å². The van der Waals surface area contributed by atoms with Crippen LogP contribution in [-0.2, 0) is 0 Å². The summed E-state index contributed by atoms with van der Waals surface area (Å²) in [7, 11) is 0. The zero-order valence-corrected chi connectivity index (χ0v) is 14.5. The van der Waals surface area contributed by atoms with Gasteiger partial charge in [0.2, 0.25) is 0 Å². The highest BCUT2D eigenvalue weighted by atomic mass is 79.9. The summed E-state index contributed by atoms with van der Waals surface area (Å²) in [6.45, 7) is 6.43. The Hall–Kier alpha value is -0.320. The Morgan fingerprint density at radius 1 is 1.17 bits per heavy atom. The molecule has 0 aliphatic heterocycles. The molecule has 0 radical (unpaired) electrons. The Bertz CT molecular complexity index is 540. The molecule has 0 spiro atoms. The number of hydrogen-bond acceptors (Lipinski definition) is 2. The van der Waals surface area contributed by atoms with Gasteiger partial charge in [-0.25, -0.2) is 0 Å². The van der Waals surface area contributed by atoms with Crippen molar-refractivity contribution in [1.29, 1.82) is 0 Å². The van der Waals surface area contributed by atoms with E-state index in [1.807, 2.05) is 0 Å². The van der Waals surface area contributed by atoms with Gasteiger partial charge in [0.05, 0.1) is 11.7 Å². The van der Waals surface area contributed by atoms with E-state index in [9.17, 15) is 0 Å². The molecular weight excluding hydrogens is 374 g/mol. The number of halogens is 2. The van der Waals surface area contributed by atoms with E-state index >= 15 is 0 Å². The van der Waals surface area contributed by atoms with E-state index in [0.717, 1.165) is 8.95 Å². The van der Waals surface area contributed by atoms with Crippen molar-refractivity contribution in [3.8, 4) is 0 Å². The Kier molecular flexibility index (Phi) is 4.51. The number of anilines is 1. The first-order chi connectivity index (χ1) is 8.47. The summed E-state index contributed by atoms with van der Waals surface area (Å²) < 4.78 is 2.28. The summed E-state index contributed by atoms with van der Waals surface area (Å²) in [6.07, 6.45) is 0. The maximum absolute atomic E-state index is 3.64. The molecule has 1 nitrogen and oxygen atoms in total. The number of thiophene rings is 1. The molecule has 1 unspecified atom stereocenters. The van der Waals surface area contributed by atoms with E-state index in [0.29, 0.717) is 6.04 Å². The molecule has 2 aromatic rings. The van der Waals surface area contributed by atoms with Crippen molar-refractivity contribution in [3.05, 3.63) is 48.5 Å².